The van der Waals surface area contributed by atoms with Gasteiger partial charge in [-0.1, -0.05) is 13.8 Å². The van der Waals surface area contributed by atoms with Crippen LogP contribution in [0.4, 0.5) is 5.69 Å². The Bertz CT molecular complexity index is 572. The van der Waals surface area contributed by atoms with Crippen LogP contribution in [0, 0.1) is 5.92 Å². The Kier molecular flexibility index (Phi) is 6.26. The maximum Gasteiger partial charge on any atom is 0.256 e. The number of amides is 1. The van der Waals surface area contributed by atoms with E-state index in [2.05, 4.69) is 28.6 Å². The number of hydrogen-bond donors (Lipinski definition) is 0. The fourth-order valence-electron chi connectivity index (χ4n) is 3.67. The highest BCUT2D eigenvalue weighted by Crippen LogP contribution is 2.22. The molecule has 25 heavy (non-hydrogen) atoms. The van der Waals surface area contributed by atoms with E-state index in [0.717, 1.165) is 63.5 Å². The average molecular weight is 346 g/mol. The minimum atomic E-state index is 0.135. The fraction of sp³-hybridized carbons (Fsp3) is 0.684. The van der Waals surface area contributed by atoms with Crippen molar-refractivity contribution in [2.24, 2.45) is 5.92 Å². The van der Waals surface area contributed by atoms with Crippen LogP contribution in [0.2, 0.25) is 0 Å². The van der Waals surface area contributed by atoms with Gasteiger partial charge in [0.15, 0.2) is 0 Å². The second-order valence-electron chi connectivity index (χ2n) is 7.33. The van der Waals surface area contributed by atoms with Crippen LogP contribution in [-0.4, -0.2) is 79.7 Å². The first kappa shape index (κ1) is 18.1. The minimum absolute atomic E-state index is 0.135. The smallest absolute Gasteiger partial charge is 0.256 e. The van der Waals surface area contributed by atoms with Gasteiger partial charge < -0.3 is 19.4 Å². The number of carbonyl (C=O) groups excluding carboxylic acids is 1. The van der Waals surface area contributed by atoms with Crippen LogP contribution in [-0.2, 0) is 4.74 Å². The van der Waals surface area contributed by atoms with E-state index in [0.29, 0.717) is 19.1 Å². The van der Waals surface area contributed by atoms with Gasteiger partial charge in [-0.3, -0.25) is 9.78 Å². The van der Waals surface area contributed by atoms with E-state index in [-0.39, 0.29) is 5.91 Å². The topological polar surface area (TPSA) is 48.9 Å². The average Bonchev–Trinajstić information content (AvgIpc) is 2.87. The molecule has 0 radical (unpaired) electrons. The summed E-state index contributed by atoms with van der Waals surface area (Å²) in [6, 6.07) is 1.86. The number of carbonyl (C=O) groups is 1. The third-order valence-electron chi connectivity index (χ3n) is 4.88. The maximum absolute atomic E-state index is 13.2. The quantitative estimate of drug-likeness (QED) is 0.831. The number of ether oxygens (including phenoxy) is 1. The van der Waals surface area contributed by atoms with Crippen LogP contribution < -0.4 is 4.90 Å². The summed E-state index contributed by atoms with van der Waals surface area (Å²) in [7, 11) is 0. The van der Waals surface area contributed by atoms with Gasteiger partial charge in [-0.2, -0.15) is 0 Å². The van der Waals surface area contributed by atoms with Crippen LogP contribution in [0.25, 0.3) is 0 Å². The Hall–Kier alpha value is -1.66. The lowest BCUT2D eigenvalue weighted by molar-refractivity contribution is 0.0760. The normalized spacial score (nSPS) is 20.0. The van der Waals surface area contributed by atoms with Gasteiger partial charge in [0.25, 0.3) is 5.91 Å². The molecule has 6 heteroatoms. The minimum Gasteiger partial charge on any atom is -0.378 e. The summed E-state index contributed by atoms with van der Waals surface area (Å²) in [4.78, 5) is 24.1. The standard InChI is InChI=1S/C19H30N4O2/c1-16(2)15-21-6-3-7-23(9-8-21)19(24)17-4-5-20-14-18(17)22-10-12-25-13-11-22/h4-5,14,16H,3,6-13,15H2,1-2H3. The molecule has 3 heterocycles. The number of rotatable bonds is 4. The van der Waals surface area contributed by atoms with E-state index in [4.69, 9.17) is 4.74 Å². The van der Waals surface area contributed by atoms with Crippen molar-refractivity contribution in [1.29, 1.82) is 0 Å². The number of hydrogen-bond acceptors (Lipinski definition) is 5. The maximum atomic E-state index is 13.2. The third-order valence-corrected chi connectivity index (χ3v) is 4.88. The van der Waals surface area contributed by atoms with Crippen molar-refractivity contribution in [3.05, 3.63) is 24.0 Å². The molecule has 2 aliphatic rings. The van der Waals surface area contributed by atoms with Crippen molar-refractivity contribution < 1.29 is 9.53 Å². The number of pyridine rings is 1. The molecule has 0 bridgehead atoms. The molecular weight excluding hydrogens is 316 g/mol. The summed E-state index contributed by atoms with van der Waals surface area (Å²) >= 11 is 0. The molecule has 0 aliphatic carbocycles. The van der Waals surface area contributed by atoms with Crippen molar-refractivity contribution in [2.45, 2.75) is 20.3 Å². The molecule has 1 aromatic rings. The van der Waals surface area contributed by atoms with Gasteiger partial charge in [-0.15, -0.1) is 0 Å². The molecule has 2 fully saturated rings. The molecule has 6 nitrogen and oxygen atoms in total. The van der Waals surface area contributed by atoms with Crippen molar-refractivity contribution >= 4 is 11.6 Å². The van der Waals surface area contributed by atoms with Gasteiger partial charge in [-0.05, 0) is 24.9 Å². The molecule has 2 aliphatic heterocycles. The van der Waals surface area contributed by atoms with Gasteiger partial charge in [-0.25, -0.2) is 0 Å². The molecule has 1 aromatic heterocycles. The second kappa shape index (κ2) is 8.63. The summed E-state index contributed by atoms with van der Waals surface area (Å²) in [5.41, 5.74) is 1.72. The highest BCUT2D eigenvalue weighted by Gasteiger charge is 2.25. The van der Waals surface area contributed by atoms with Gasteiger partial charge >= 0.3 is 0 Å². The van der Waals surface area contributed by atoms with Crippen LogP contribution in [0.5, 0.6) is 0 Å². The first-order chi connectivity index (χ1) is 12.1. The lowest BCUT2D eigenvalue weighted by Crippen LogP contribution is -2.39. The van der Waals surface area contributed by atoms with E-state index in [1.807, 2.05) is 17.2 Å². The lowest BCUT2D eigenvalue weighted by atomic mass is 10.1. The number of morpholine rings is 1. The summed E-state index contributed by atoms with van der Waals surface area (Å²) in [6.07, 6.45) is 4.58. The molecule has 0 aromatic carbocycles. The van der Waals surface area contributed by atoms with Gasteiger partial charge in [0.05, 0.1) is 30.7 Å². The van der Waals surface area contributed by atoms with Gasteiger partial charge in [0, 0.05) is 45.5 Å². The molecule has 0 N–H and O–H groups in total. The molecule has 3 rings (SSSR count). The van der Waals surface area contributed by atoms with Crippen molar-refractivity contribution in [3.63, 3.8) is 0 Å². The van der Waals surface area contributed by atoms with E-state index < -0.39 is 0 Å². The van der Waals surface area contributed by atoms with E-state index in [1.54, 1.807) is 6.20 Å². The molecule has 1 amide bonds. The first-order valence-electron chi connectivity index (χ1n) is 9.43. The lowest BCUT2D eigenvalue weighted by Gasteiger charge is -2.31. The molecule has 138 valence electrons. The van der Waals surface area contributed by atoms with E-state index in [9.17, 15) is 4.79 Å². The zero-order valence-electron chi connectivity index (χ0n) is 15.5. The highest BCUT2D eigenvalue weighted by atomic mass is 16.5. The van der Waals surface area contributed by atoms with Gasteiger partial charge in [0.1, 0.15) is 0 Å². The number of aromatic nitrogens is 1. The van der Waals surface area contributed by atoms with E-state index in [1.165, 1.54) is 0 Å². The summed E-state index contributed by atoms with van der Waals surface area (Å²) in [5, 5.41) is 0. The molecular formula is C19H30N4O2. The zero-order chi connectivity index (χ0) is 17.6. The van der Waals surface area contributed by atoms with Gasteiger partial charge in [0.2, 0.25) is 0 Å². The summed E-state index contributed by atoms with van der Waals surface area (Å²) < 4.78 is 5.43. The Morgan fingerprint density at radius 3 is 2.72 bits per heavy atom. The van der Waals surface area contributed by atoms with Crippen LogP contribution in [0.1, 0.15) is 30.6 Å². The zero-order valence-corrected chi connectivity index (χ0v) is 15.5. The Morgan fingerprint density at radius 1 is 1.16 bits per heavy atom. The van der Waals surface area contributed by atoms with Crippen LogP contribution in [0.3, 0.4) is 0 Å². The van der Waals surface area contributed by atoms with Crippen LogP contribution >= 0.6 is 0 Å². The third kappa shape index (κ3) is 4.70. The van der Waals surface area contributed by atoms with Crippen molar-refractivity contribution in [2.75, 3.05) is 63.9 Å². The van der Waals surface area contributed by atoms with Crippen LogP contribution in [0.15, 0.2) is 18.5 Å². The highest BCUT2D eigenvalue weighted by molar-refractivity contribution is 5.99. The SMILES string of the molecule is CC(C)CN1CCCN(C(=O)c2ccncc2N2CCOCC2)CC1. The molecule has 0 spiro atoms. The predicted octanol–water partition coefficient (Wildman–Crippen LogP) is 1.72. The number of nitrogens with zero attached hydrogens (tertiary/aromatic N) is 4. The number of anilines is 1. The monoisotopic (exact) mass is 346 g/mol. The molecule has 0 unspecified atom stereocenters. The fourth-order valence-corrected chi connectivity index (χ4v) is 3.67. The van der Waals surface area contributed by atoms with Crippen molar-refractivity contribution in [3.8, 4) is 0 Å². The summed E-state index contributed by atoms with van der Waals surface area (Å²) in [6.45, 7) is 12.3. The largest absolute Gasteiger partial charge is 0.378 e. The molecule has 2 saturated heterocycles. The Morgan fingerprint density at radius 2 is 1.96 bits per heavy atom. The molecule has 0 atom stereocenters. The molecule has 0 saturated carbocycles. The first-order valence-corrected chi connectivity index (χ1v) is 9.43. The second-order valence-corrected chi connectivity index (χ2v) is 7.33. The van der Waals surface area contributed by atoms with E-state index >= 15 is 0 Å². The summed E-state index contributed by atoms with van der Waals surface area (Å²) in [5.74, 6) is 0.797. The predicted molar refractivity (Wildman–Crippen MR) is 99.1 cm³/mol. The Labute approximate surface area is 150 Å². The Balaban J connectivity index is 1.70. The van der Waals surface area contributed by atoms with Crippen molar-refractivity contribution in [1.82, 2.24) is 14.8 Å².